The molecule has 0 bridgehead atoms. The Bertz CT molecular complexity index is 1080. The average Bonchev–Trinajstić information content (AvgIpc) is 3.15. The molecule has 3 aromatic rings. The first-order valence-corrected chi connectivity index (χ1v) is 9.55. The standard InChI is InChI=1S/C24H21FN2O2/c1-16-3-2-4-20(13-16)23(28)26-15-17-5-10-22-19(14-17)11-12-27(22)24(29)18-6-8-21(25)9-7-18/h2-10,13-14H,11-12,15H2,1H3,(H,26,28). The Balaban J connectivity index is 1.45. The van der Waals surface area contributed by atoms with Gasteiger partial charge >= 0.3 is 0 Å². The van der Waals surface area contributed by atoms with Crippen molar-refractivity contribution >= 4 is 17.5 Å². The van der Waals surface area contributed by atoms with Crippen molar-refractivity contribution in [2.45, 2.75) is 19.9 Å². The Hall–Kier alpha value is -3.47. The first kappa shape index (κ1) is 18.9. The van der Waals surface area contributed by atoms with Crippen molar-refractivity contribution in [3.63, 3.8) is 0 Å². The van der Waals surface area contributed by atoms with Crippen LogP contribution in [0.2, 0.25) is 0 Å². The molecule has 1 aliphatic heterocycles. The van der Waals surface area contributed by atoms with Crippen molar-refractivity contribution in [1.82, 2.24) is 5.32 Å². The highest BCUT2D eigenvalue weighted by molar-refractivity contribution is 6.07. The van der Waals surface area contributed by atoms with Crippen LogP contribution in [-0.2, 0) is 13.0 Å². The van der Waals surface area contributed by atoms with Crippen LogP contribution in [0.4, 0.5) is 10.1 Å². The molecule has 5 heteroatoms. The van der Waals surface area contributed by atoms with E-state index in [1.807, 2.05) is 43.3 Å². The summed E-state index contributed by atoms with van der Waals surface area (Å²) in [5.41, 5.74) is 5.08. The predicted octanol–water partition coefficient (Wildman–Crippen LogP) is 4.27. The Labute approximate surface area is 169 Å². The molecule has 0 unspecified atom stereocenters. The monoisotopic (exact) mass is 388 g/mol. The zero-order valence-electron chi connectivity index (χ0n) is 16.1. The molecule has 0 spiro atoms. The van der Waals surface area contributed by atoms with Gasteiger partial charge in [-0.25, -0.2) is 4.39 Å². The highest BCUT2D eigenvalue weighted by atomic mass is 19.1. The van der Waals surface area contributed by atoms with E-state index < -0.39 is 0 Å². The van der Waals surface area contributed by atoms with Crippen molar-refractivity contribution in [3.8, 4) is 0 Å². The van der Waals surface area contributed by atoms with Crippen LogP contribution in [0.15, 0.2) is 66.7 Å². The van der Waals surface area contributed by atoms with Crippen molar-refractivity contribution in [2.75, 3.05) is 11.4 Å². The number of anilines is 1. The van der Waals surface area contributed by atoms with E-state index in [0.717, 1.165) is 28.8 Å². The van der Waals surface area contributed by atoms with Gasteiger partial charge in [0.25, 0.3) is 11.8 Å². The maximum absolute atomic E-state index is 13.1. The van der Waals surface area contributed by atoms with E-state index in [1.54, 1.807) is 11.0 Å². The van der Waals surface area contributed by atoms with Crippen molar-refractivity contribution in [1.29, 1.82) is 0 Å². The van der Waals surface area contributed by atoms with Crippen molar-refractivity contribution in [3.05, 3.63) is 100 Å². The molecule has 3 aromatic carbocycles. The Kier molecular flexibility index (Phi) is 5.12. The maximum Gasteiger partial charge on any atom is 0.258 e. The Morgan fingerprint density at radius 1 is 1.00 bits per heavy atom. The van der Waals surface area contributed by atoms with Gasteiger partial charge in [-0.1, -0.05) is 29.8 Å². The molecule has 0 fully saturated rings. The molecule has 146 valence electrons. The van der Waals surface area contributed by atoms with Gasteiger partial charge in [-0.05, 0) is 66.9 Å². The Morgan fingerprint density at radius 3 is 2.55 bits per heavy atom. The summed E-state index contributed by atoms with van der Waals surface area (Å²) in [7, 11) is 0. The van der Waals surface area contributed by atoms with Crippen LogP contribution in [0, 0.1) is 12.7 Å². The summed E-state index contributed by atoms with van der Waals surface area (Å²) in [6.45, 7) is 2.97. The molecular formula is C24H21FN2O2. The molecule has 1 N–H and O–H groups in total. The Morgan fingerprint density at radius 2 is 1.79 bits per heavy atom. The van der Waals surface area contributed by atoms with Gasteiger partial charge < -0.3 is 10.2 Å². The van der Waals surface area contributed by atoms with Crippen LogP contribution in [-0.4, -0.2) is 18.4 Å². The number of aryl methyl sites for hydroxylation is 1. The summed E-state index contributed by atoms with van der Waals surface area (Å²) in [6, 6.07) is 18.9. The van der Waals surface area contributed by atoms with Crippen LogP contribution in [0.1, 0.15) is 37.4 Å². The lowest BCUT2D eigenvalue weighted by molar-refractivity contribution is 0.0949. The summed E-state index contributed by atoms with van der Waals surface area (Å²) < 4.78 is 13.1. The summed E-state index contributed by atoms with van der Waals surface area (Å²) in [5, 5.41) is 2.94. The number of fused-ring (bicyclic) bond motifs is 1. The van der Waals surface area contributed by atoms with Gasteiger partial charge in [0.05, 0.1) is 0 Å². The SMILES string of the molecule is Cc1cccc(C(=O)NCc2ccc3c(c2)CCN3C(=O)c2ccc(F)cc2)c1. The molecule has 0 aromatic heterocycles. The van der Waals surface area contributed by atoms with Crippen LogP contribution in [0.3, 0.4) is 0 Å². The number of carbonyl (C=O) groups excluding carboxylic acids is 2. The van der Waals surface area contributed by atoms with Crippen molar-refractivity contribution < 1.29 is 14.0 Å². The highest BCUT2D eigenvalue weighted by Gasteiger charge is 2.25. The first-order valence-electron chi connectivity index (χ1n) is 9.55. The summed E-state index contributed by atoms with van der Waals surface area (Å²) >= 11 is 0. The first-order chi connectivity index (χ1) is 14.0. The lowest BCUT2D eigenvalue weighted by Gasteiger charge is -2.18. The number of halogens is 1. The molecule has 0 saturated carbocycles. The van der Waals surface area contributed by atoms with Gasteiger partial charge in [0, 0.05) is 29.9 Å². The van der Waals surface area contributed by atoms with E-state index in [0.29, 0.717) is 24.2 Å². The quantitative estimate of drug-likeness (QED) is 0.726. The fourth-order valence-corrected chi connectivity index (χ4v) is 3.60. The van der Waals surface area contributed by atoms with E-state index in [2.05, 4.69) is 5.32 Å². The van der Waals surface area contributed by atoms with E-state index in [-0.39, 0.29) is 17.6 Å². The van der Waals surface area contributed by atoms with Gasteiger partial charge in [0.2, 0.25) is 0 Å². The second-order valence-electron chi connectivity index (χ2n) is 7.23. The smallest absolute Gasteiger partial charge is 0.258 e. The normalized spacial score (nSPS) is 12.6. The lowest BCUT2D eigenvalue weighted by atomic mass is 10.1. The molecule has 4 nitrogen and oxygen atoms in total. The van der Waals surface area contributed by atoms with Gasteiger partial charge in [-0.2, -0.15) is 0 Å². The predicted molar refractivity (Wildman–Crippen MR) is 111 cm³/mol. The van der Waals surface area contributed by atoms with Gasteiger partial charge in [0.15, 0.2) is 0 Å². The number of hydrogen-bond donors (Lipinski definition) is 1. The molecule has 0 atom stereocenters. The second-order valence-corrected chi connectivity index (χ2v) is 7.23. The highest BCUT2D eigenvalue weighted by Crippen LogP contribution is 2.30. The van der Waals surface area contributed by atoms with Crippen molar-refractivity contribution in [2.24, 2.45) is 0 Å². The number of nitrogens with zero attached hydrogens (tertiary/aromatic N) is 1. The number of nitrogens with one attached hydrogen (secondary N) is 1. The third-order valence-electron chi connectivity index (χ3n) is 5.11. The number of rotatable bonds is 4. The molecular weight excluding hydrogens is 367 g/mol. The van der Waals surface area contributed by atoms with E-state index >= 15 is 0 Å². The van der Waals surface area contributed by atoms with Gasteiger partial charge in [-0.3, -0.25) is 9.59 Å². The van der Waals surface area contributed by atoms with Crippen LogP contribution < -0.4 is 10.2 Å². The number of hydrogen-bond acceptors (Lipinski definition) is 2. The molecule has 29 heavy (non-hydrogen) atoms. The fraction of sp³-hybridized carbons (Fsp3) is 0.167. The molecule has 0 radical (unpaired) electrons. The third-order valence-corrected chi connectivity index (χ3v) is 5.11. The topological polar surface area (TPSA) is 49.4 Å². The molecule has 2 amide bonds. The van der Waals surface area contributed by atoms with E-state index in [1.165, 1.54) is 24.3 Å². The van der Waals surface area contributed by atoms with E-state index in [9.17, 15) is 14.0 Å². The van der Waals surface area contributed by atoms with Crippen LogP contribution >= 0.6 is 0 Å². The fourth-order valence-electron chi connectivity index (χ4n) is 3.60. The minimum Gasteiger partial charge on any atom is -0.348 e. The number of amides is 2. The lowest BCUT2D eigenvalue weighted by Crippen LogP contribution is -2.28. The maximum atomic E-state index is 13.1. The second kappa shape index (κ2) is 7.87. The third kappa shape index (κ3) is 4.04. The molecule has 0 aliphatic carbocycles. The molecule has 0 saturated heterocycles. The summed E-state index contributed by atoms with van der Waals surface area (Å²) in [4.78, 5) is 26.8. The molecule has 1 heterocycles. The van der Waals surface area contributed by atoms with Crippen LogP contribution in [0.25, 0.3) is 0 Å². The molecule has 1 aliphatic rings. The zero-order chi connectivity index (χ0) is 20.4. The summed E-state index contributed by atoms with van der Waals surface area (Å²) in [5.74, 6) is -0.604. The van der Waals surface area contributed by atoms with Gasteiger partial charge in [-0.15, -0.1) is 0 Å². The van der Waals surface area contributed by atoms with Gasteiger partial charge in [0.1, 0.15) is 5.82 Å². The van der Waals surface area contributed by atoms with E-state index in [4.69, 9.17) is 0 Å². The summed E-state index contributed by atoms with van der Waals surface area (Å²) in [6.07, 6.45) is 0.752. The number of benzene rings is 3. The minimum absolute atomic E-state index is 0.109. The molecule has 4 rings (SSSR count). The zero-order valence-corrected chi connectivity index (χ0v) is 16.1. The average molecular weight is 388 g/mol. The minimum atomic E-state index is -0.360. The largest absolute Gasteiger partial charge is 0.348 e. The number of carbonyl (C=O) groups is 2. The van der Waals surface area contributed by atoms with Crippen LogP contribution in [0.5, 0.6) is 0 Å².